The van der Waals surface area contributed by atoms with E-state index in [9.17, 15) is 4.79 Å². The van der Waals surface area contributed by atoms with E-state index in [0.29, 0.717) is 18.2 Å². The summed E-state index contributed by atoms with van der Waals surface area (Å²) in [6.45, 7) is 6.82. The molecule has 0 aromatic heterocycles. The maximum atomic E-state index is 11.3. The van der Waals surface area contributed by atoms with E-state index in [1.807, 2.05) is 19.1 Å². The van der Waals surface area contributed by atoms with Gasteiger partial charge >= 0.3 is 0 Å². The Balaban J connectivity index is 2.91. The number of rotatable bonds is 7. The molecule has 1 aromatic carbocycles. The Morgan fingerprint density at radius 3 is 2.30 bits per heavy atom. The van der Waals surface area contributed by atoms with Crippen LogP contribution in [0.25, 0.3) is 0 Å². The van der Waals surface area contributed by atoms with Crippen molar-refractivity contribution in [2.75, 3.05) is 0 Å². The van der Waals surface area contributed by atoms with Crippen molar-refractivity contribution in [3.63, 3.8) is 0 Å². The Labute approximate surface area is 136 Å². The van der Waals surface area contributed by atoms with Gasteiger partial charge in [0.25, 0.3) is 5.91 Å². The first-order chi connectivity index (χ1) is 9.35. The fourth-order valence-corrected chi connectivity index (χ4v) is 3.10. The average molecular weight is 408 g/mol. The van der Waals surface area contributed by atoms with Gasteiger partial charge in [-0.1, -0.05) is 20.8 Å². The van der Waals surface area contributed by atoms with Crippen LogP contribution in [0.15, 0.2) is 21.1 Å². The molecule has 1 rings (SSSR count). The van der Waals surface area contributed by atoms with Crippen LogP contribution in [-0.4, -0.2) is 18.1 Å². The Hall–Kier alpha value is -0.590. The number of amides is 1. The minimum atomic E-state index is -0.623. The van der Waals surface area contributed by atoms with Gasteiger partial charge in [-0.15, -0.1) is 0 Å². The molecule has 6 heteroatoms. The Bertz CT molecular complexity index is 455. The second-order valence-electron chi connectivity index (χ2n) is 4.84. The minimum absolute atomic E-state index is 0.419. The molecule has 0 saturated heterocycles. The van der Waals surface area contributed by atoms with E-state index in [2.05, 4.69) is 51.0 Å². The van der Waals surface area contributed by atoms with Crippen LogP contribution in [-0.2, 0) is 11.3 Å². The van der Waals surface area contributed by atoms with Gasteiger partial charge in [-0.3, -0.25) is 4.79 Å². The van der Waals surface area contributed by atoms with Crippen LogP contribution < -0.4 is 15.8 Å². The molecule has 3 N–H and O–H groups in total. The zero-order valence-corrected chi connectivity index (χ0v) is 15.0. The number of halogens is 2. The molecular formula is C14H20Br2N2O2. The van der Waals surface area contributed by atoms with Gasteiger partial charge in [0.1, 0.15) is 5.75 Å². The van der Waals surface area contributed by atoms with Gasteiger partial charge in [0.15, 0.2) is 6.10 Å². The van der Waals surface area contributed by atoms with Gasteiger partial charge in [0.05, 0.1) is 8.95 Å². The normalized spacial score (nSPS) is 12.5. The van der Waals surface area contributed by atoms with Crippen molar-refractivity contribution >= 4 is 37.8 Å². The molecule has 1 aromatic rings. The number of ether oxygens (including phenoxy) is 1. The first kappa shape index (κ1) is 17.5. The van der Waals surface area contributed by atoms with Crippen LogP contribution in [0.5, 0.6) is 5.75 Å². The summed E-state index contributed by atoms with van der Waals surface area (Å²) in [5, 5.41) is 3.35. The molecule has 0 fully saturated rings. The summed E-state index contributed by atoms with van der Waals surface area (Å²) in [6, 6.07) is 4.37. The molecule has 1 atom stereocenters. The topological polar surface area (TPSA) is 64.3 Å². The van der Waals surface area contributed by atoms with E-state index in [4.69, 9.17) is 10.5 Å². The Morgan fingerprint density at radius 1 is 1.35 bits per heavy atom. The fraction of sp³-hybridized carbons (Fsp3) is 0.500. The van der Waals surface area contributed by atoms with Crippen LogP contribution in [0, 0.1) is 0 Å². The number of nitrogens with one attached hydrogen (secondary N) is 1. The zero-order valence-electron chi connectivity index (χ0n) is 11.9. The first-order valence-corrected chi connectivity index (χ1v) is 8.11. The highest BCUT2D eigenvalue weighted by atomic mass is 79.9. The number of nitrogens with two attached hydrogens (primary N) is 1. The van der Waals surface area contributed by atoms with Crippen LogP contribution in [0.3, 0.4) is 0 Å². The molecule has 1 amide bonds. The van der Waals surface area contributed by atoms with Crippen molar-refractivity contribution in [3.05, 3.63) is 26.6 Å². The summed E-state index contributed by atoms with van der Waals surface area (Å²) in [7, 11) is 0. The molecule has 0 aliphatic rings. The number of benzene rings is 1. The van der Waals surface area contributed by atoms with Crippen molar-refractivity contribution in [1.82, 2.24) is 5.32 Å². The predicted octanol–water partition coefficient (Wildman–Crippen LogP) is 3.35. The van der Waals surface area contributed by atoms with Gasteiger partial charge in [0.2, 0.25) is 0 Å². The highest BCUT2D eigenvalue weighted by molar-refractivity contribution is 9.11. The summed E-state index contributed by atoms with van der Waals surface area (Å²) >= 11 is 6.95. The number of hydrogen-bond donors (Lipinski definition) is 2. The fourth-order valence-electron chi connectivity index (χ4n) is 1.63. The Morgan fingerprint density at radius 2 is 1.90 bits per heavy atom. The molecule has 0 spiro atoms. The number of primary amides is 1. The van der Waals surface area contributed by atoms with Crippen LogP contribution >= 0.6 is 31.9 Å². The number of carbonyl (C=O) groups excluding carboxylic acids is 1. The minimum Gasteiger partial charge on any atom is -0.478 e. The van der Waals surface area contributed by atoms with Crippen molar-refractivity contribution in [1.29, 1.82) is 0 Å². The van der Waals surface area contributed by atoms with Crippen molar-refractivity contribution in [2.45, 2.75) is 45.9 Å². The van der Waals surface area contributed by atoms with E-state index < -0.39 is 12.0 Å². The van der Waals surface area contributed by atoms with Gasteiger partial charge in [-0.05, 0) is 56.0 Å². The molecule has 1 unspecified atom stereocenters. The molecule has 20 heavy (non-hydrogen) atoms. The summed E-state index contributed by atoms with van der Waals surface area (Å²) in [5.74, 6) is 0.140. The van der Waals surface area contributed by atoms with Crippen molar-refractivity contribution in [2.24, 2.45) is 5.73 Å². The first-order valence-electron chi connectivity index (χ1n) is 6.52. The third kappa shape index (κ3) is 5.07. The highest BCUT2D eigenvalue weighted by Crippen LogP contribution is 2.35. The molecule has 0 bridgehead atoms. The molecule has 0 saturated carbocycles. The SMILES string of the molecule is CCC(Oc1c(Br)cc(CNC(C)C)cc1Br)C(N)=O. The lowest BCUT2D eigenvalue weighted by atomic mass is 10.2. The van der Waals surface area contributed by atoms with E-state index in [0.717, 1.165) is 21.1 Å². The standard InChI is InChI=1S/C14H20Br2N2O2/c1-4-12(14(17)19)20-13-10(15)5-9(6-11(13)16)7-18-8(2)3/h5-6,8,12,18H,4,7H2,1-3H3,(H2,17,19). The molecule has 112 valence electrons. The second-order valence-corrected chi connectivity index (χ2v) is 6.55. The van der Waals surface area contributed by atoms with Crippen LogP contribution in [0.2, 0.25) is 0 Å². The molecule has 0 aliphatic heterocycles. The van der Waals surface area contributed by atoms with E-state index in [1.165, 1.54) is 0 Å². The van der Waals surface area contributed by atoms with E-state index in [-0.39, 0.29) is 0 Å². The summed E-state index contributed by atoms with van der Waals surface area (Å²) in [5.41, 5.74) is 6.42. The summed E-state index contributed by atoms with van der Waals surface area (Å²) < 4.78 is 7.28. The Kier molecular flexibility index (Phi) is 6.99. The summed E-state index contributed by atoms with van der Waals surface area (Å²) in [6.07, 6.45) is -0.0903. The lowest BCUT2D eigenvalue weighted by molar-refractivity contribution is -0.124. The third-order valence-electron chi connectivity index (χ3n) is 2.72. The molecule has 4 nitrogen and oxygen atoms in total. The lowest BCUT2D eigenvalue weighted by Crippen LogP contribution is -2.33. The van der Waals surface area contributed by atoms with Gasteiger partial charge in [-0.2, -0.15) is 0 Å². The quantitative estimate of drug-likeness (QED) is 0.728. The number of hydrogen-bond acceptors (Lipinski definition) is 3. The molecule has 0 radical (unpaired) electrons. The van der Waals surface area contributed by atoms with E-state index >= 15 is 0 Å². The van der Waals surface area contributed by atoms with Crippen LogP contribution in [0.4, 0.5) is 0 Å². The van der Waals surface area contributed by atoms with Crippen molar-refractivity contribution < 1.29 is 9.53 Å². The largest absolute Gasteiger partial charge is 0.478 e. The molecule has 0 aliphatic carbocycles. The van der Waals surface area contributed by atoms with Crippen LogP contribution in [0.1, 0.15) is 32.8 Å². The average Bonchev–Trinajstić information content (AvgIpc) is 2.35. The monoisotopic (exact) mass is 406 g/mol. The molecule has 0 heterocycles. The summed E-state index contributed by atoms with van der Waals surface area (Å²) in [4.78, 5) is 11.3. The predicted molar refractivity (Wildman–Crippen MR) is 87.7 cm³/mol. The number of carbonyl (C=O) groups is 1. The highest BCUT2D eigenvalue weighted by Gasteiger charge is 2.18. The smallest absolute Gasteiger partial charge is 0.258 e. The molecular weight excluding hydrogens is 388 g/mol. The van der Waals surface area contributed by atoms with Gasteiger partial charge in [-0.25, -0.2) is 0 Å². The van der Waals surface area contributed by atoms with Gasteiger partial charge in [0, 0.05) is 12.6 Å². The maximum absolute atomic E-state index is 11.3. The van der Waals surface area contributed by atoms with E-state index in [1.54, 1.807) is 0 Å². The third-order valence-corrected chi connectivity index (χ3v) is 3.90. The maximum Gasteiger partial charge on any atom is 0.258 e. The van der Waals surface area contributed by atoms with Gasteiger partial charge < -0.3 is 15.8 Å². The lowest BCUT2D eigenvalue weighted by Gasteiger charge is -2.18. The van der Waals surface area contributed by atoms with Crippen molar-refractivity contribution in [3.8, 4) is 5.75 Å². The zero-order chi connectivity index (χ0) is 15.3. The second kappa shape index (κ2) is 8.00.